The number of anilines is 1. The first-order chi connectivity index (χ1) is 9.45. The van der Waals surface area contributed by atoms with Crippen LogP contribution in [0.1, 0.15) is 20.8 Å². The molecule has 0 aliphatic heterocycles. The maximum Gasteiger partial charge on any atom is 0.414 e. The number of sulfone groups is 1. The molecule has 0 atom stereocenters. The molecule has 21 heavy (non-hydrogen) atoms. The van der Waals surface area contributed by atoms with Crippen molar-refractivity contribution in [2.24, 2.45) is 0 Å². The van der Waals surface area contributed by atoms with Crippen LogP contribution in [0.25, 0.3) is 0 Å². The Bertz CT molecular complexity index is 634. The van der Waals surface area contributed by atoms with Gasteiger partial charge in [-0.15, -0.1) is 0 Å². The molecule has 0 aliphatic carbocycles. The molecule has 0 unspecified atom stereocenters. The van der Waals surface area contributed by atoms with Crippen molar-refractivity contribution in [1.29, 1.82) is 0 Å². The summed E-state index contributed by atoms with van der Waals surface area (Å²) in [5.41, 5.74) is -0.396. The van der Waals surface area contributed by atoms with E-state index in [-0.39, 0.29) is 16.5 Å². The van der Waals surface area contributed by atoms with Gasteiger partial charge in [0.25, 0.3) is 0 Å². The van der Waals surface area contributed by atoms with Crippen molar-refractivity contribution in [3.8, 4) is 5.75 Å². The standard InChI is InChI=1S/C13H20N2O5S/c1-13(2,3)20-12(16)15(4)9-7-11(21(6,17)18)14-8-10(9)19-5/h7-8H,1-6H3. The van der Waals surface area contributed by atoms with Crippen molar-refractivity contribution in [2.45, 2.75) is 31.4 Å². The Morgan fingerprint density at radius 3 is 2.33 bits per heavy atom. The zero-order valence-electron chi connectivity index (χ0n) is 13.0. The summed E-state index contributed by atoms with van der Waals surface area (Å²) < 4.78 is 33.5. The summed E-state index contributed by atoms with van der Waals surface area (Å²) in [7, 11) is -0.614. The van der Waals surface area contributed by atoms with Gasteiger partial charge in [-0.05, 0) is 20.8 Å². The minimum atomic E-state index is -3.49. The first kappa shape index (κ1) is 17.2. The monoisotopic (exact) mass is 316 g/mol. The largest absolute Gasteiger partial charge is 0.493 e. The topological polar surface area (TPSA) is 85.8 Å². The average molecular weight is 316 g/mol. The van der Waals surface area contributed by atoms with Crippen molar-refractivity contribution in [3.05, 3.63) is 12.3 Å². The van der Waals surface area contributed by atoms with Gasteiger partial charge in [0.05, 0.1) is 19.0 Å². The fourth-order valence-electron chi connectivity index (χ4n) is 1.46. The third-order valence-electron chi connectivity index (χ3n) is 2.45. The van der Waals surface area contributed by atoms with Crippen LogP contribution in [0, 0.1) is 0 Å². The van der Waals surface area contributed by atoms with Gasteiger partial charge in [0, 0.05) is 19.4 Å². The predicted octanol–water partition coefficient (Wildman–Crippen LogP) is 1.86. The molecule has 0 aromatic carbocycles. The molecule has 0 N–H and O–H groups in total. The van der Waals surface area contributed by atoms with Crippen LogP contribution in [-0.4, -0.2) is 45.5 Å². The fourth-order valence-corrected chi connectivity index (χ4v) is 2.03. The van der Waals surface area contributed by atoms with Crippen molar-refractivity contribution >= 4 is 21.6 Å². The first-order valence-electron chi connectivity index (χ1n) is 6.16. The molecule has 0 saturated heterocycles. The van der Waals surface area contributed by atoms with Gasteiger partial charge in [-0.3, -0.25) is 4.90 Å². The number of hydrogen-bond acceptors (Lipinski definition) is 6. The molecule has 0 aliphatic rings. The molecule has 1 amide bonds. The maximum atomic E-state index is 12.1. The van der Waals surface area contributed by atoms with Crippen molar-refractivity contribution in [1.82, 2.24) is 4.98 Å². The maximum absolute atomic E-state index is 12.1. The third kappa shape index (κ3) is 4.59. The van der Waals surface area contributed by atoms with Crippen LogP contribution in [0.2, 0.25) is 0 Å². The zero-order valence-corrected chi connectivity index (χ0v) is 13.8. The van der Waals surface area contributed by atoms with Crippen molar-refractivity contribution in [3.63, 3.8) is 0 Å². The van der Waals surface area contributed by atoms with E-state index in [1.165, 1.54) is 31.3 Å². The van der Waals surface area contributed by atoms with Crippen LogP contribution in [-0.2, 0) is 14.6 Å². The molecule has 0 saturated carbocycles. The summed E-state index contributed by atoms with van der Waals surface area (Å²) in [6.45, 7) is 5.22. The van der Waals surface area contributed by atoms with Crippen LogP contribution >= 0.6 is 0 Å². The number of hydrogen-bond donors (Lipinski definition) is 0. The highest BCUT2D eigenvalue weighted by molar-refractivity contribution is 7.90. The summed E-state index contributed by atoms with van der Waals surface area (Å²) in [5.74, 6) is 0.274. The lowest BCUT2D eigenvalue weighted by Crippen LogP contribution is -2.34. The second-order valence-corrected chi connectivity index (χ2v) is 7.47. The van der Waals surface area contributed by atoms with Gasteiger partial charge in [-0.2, -0.15) is 0 Å². The number of amides is 1. The summed E-state index contributed by atoms with van der Waals surface area (Å²) >= 11 is 0. The van der Waals surface area contributed by atoms with Crippen LogP contribution in [0.4, 0.5) is 10.5 Å². The van der Waals surface area contributed by atoms with E-state index in [1.54, 1.807) is 20.8 Å². The number of carbonyl (C=O) groups excluding carboxylic acids is 1. The minimum absolute atomic E-state index is 0.145. The van der Waals surface area contributed by atoms with E-state index in [9.17, 15) is 13.2 Å². The Hall–Kier alpha value is -1.83. The number of ether oxygens (including phenoxy) is 2. The molecule has 1 aromatic heterocycles. The van der Waals surface area contributed by atoms with E-state index >= 15 is 0 Å². The first-order valence-corrected chi connectivity index (χ1v) is 8.05. The van der Waals surface area contributed by atoms with E-state index in [0.29, 0.717) is 0 Å². The quantitative estimate of drug-likeness (QED) is 0.846. The lowest BCUT2D eigenvalue weighted by atomic mass is 10.2. The molecule has 1 rings (SSSR count). The number of pyridine rings is 1. The Morgan fingerprint density at radius 2 is 1.90 bits per heavy atom. The van der Waals surface area contributed by atoms with Crippen molar-refractivity contribution in [2.75, 3.05) is 25.3 Å². The van der Waals surface area contributed by atoms with E-state index in [2.05, 4.69) is 4.98 Å². The lowest BCUT2D eigenvalue weighted by molar-refractivity contribution is 0.0588. The molecular formula is C13H20N2O5S. The predicted molar refractivity (Wildman–Crippen MR) is 78.5 cm³/mol. The molecule has 1 aromatic rings. The van der Waals surface area contributed by atoms with Gasteiger partial charge >= 0.3 is 6.09 Å². The van der Waals surface area contributed by atoms with Crippen LogP contribution < -0.4 is 9.64 Å². The number of aromatic nitrogens is 1. The van der Waals surface area contributed by atoms with Crippen LogP contribution in [0.3, 0.4) is 0 Å². The molecule has 118 valence electrons. The SMILES string of the molecule is COc1cnc(S(C)(=O)=O)cc1N(C)C(=O)OC(C)(C)C. The van der Waals surface area contributed by atoms with Gasteiger partial charge in [-0.1, -0.05) is 0 Å². The molecule has 0 radical (unpaired) electrons. The summed E-state index contributed by atoms with van der Waals surface area (Å²) in [6, 6.07) is 1.28. The van der Waals surface area contributed by atoms with Gasteiger partial charge in [0.1, 0.15) is 5.60 Å². The Balaban J connectivity index is 3.24. The van der Waals surface area contributed by atoms with E-state index < -0.39 is 21.5 Å². The van der Waals surface area contributed by atoms with E-state index in [0.717, 1.165) is 6.26 Å². The molecular weight excluding hydrogens is 296 g/mol. The van der Waals surface area contributed by atoms with Gasteiger partial charge < -0.3 is 9.47 Å². The molecule has 7 nitrogen and oxygen atoms in total. The smallest absolute Gasteiger partial charge is 0.414 e. The molecule has 1 heterocycles. The Labute approximate surface area is 124 Å². The van der Waals surface area contributed by atoms with Gasteiger partial charge in [0.2, 0.25) is 0 Å². The number of carbonyl (C=O) groups is 1. The van der Waals surface area contributed by atoms with E-state index in [4.69, 9.17) is 9.47 Å². The number of methoxy groups -OCH3 is 1. The lowest BCUT2D eigenvalue weighted by Gasteiger charge is -2.25. The second-order valence-electron chi connectivity index (χ2n) is 5.51. The molecule has 8 heteroatoms. The van der Waals surface area contributed by atoms with Gasteiger partial charge in [0.15, 0.2) is 20.6 Å². The van der Waals surface area contributed by atoms with E-state index in [1.807, 2.05) is 0 Å². The summed E-state index contributed by atoms with van der Waals surface area (Å²) in [6.07, 6.45) is 1.68. The van der Waals surface area contributed by atoms with Crippen LogP contribution in [0.15, 0.2) is 17.3 Å². The highest BCUT2D eigenvalue weighted by atomic mass is 32.2. The average Bonchev–Trinajstić information content (AvgIpc) is 2.33. The van der Waals surface area contributed by atoms with Crippen LogP contribution in [0.5, 0.6) is 5.75 Å². The normalized spacial score (nSPS) is 11.9. The highest BCUT2D eigenvalue weighted by Crippen LogP contribution is 2.29. The highest BCUT2D eigenvalue weighted by Gasteiger charge is 2.24. The van der Waals surface area contributed by atoms with Crippen molar-refractivity contribution < 1.29 is 22.7 Å². The molecule has 0 fully saturated rings. The Kier molecular flexibility index (Phi) is 4.83. The minimum Gasteiger partial charge on any atom is -0.493 e. The second kappa shape index (κ2) is 5.88. The number of nitrogens with zero attached hydrogens (tertiary/aromatic N) is 2. The van der Waals surface area contributed by atoms with Gasteiger partial charge in [-0.25, -0.2) is 18.2 Å². The third-order valence-corrected chi connectivity index (χ3v) is 3.43. The Morgan fingerprint density at radius 1 is 1.33 bits per heavy atom. The number of rotatable bonds is 3. The summed E-state index contributed by atoms with van der Waals surface area (Å²) in [5, 5.41) is -0.145. The fraction of sp³-hybridized carbons (Fsp3) is 0.538. The molecule has 0 bridgehead atoms. The molecule has 0 spiro atoms. The zero-order chi connectivity index (χ0) is 16.4. The summed E-state index contributed by atoms with van der Waals surface area (Å²) in [4.78, 5) is 17.1.